The summed E-state index contributed by atoms with van der Waals surface area (Å²) in [7, 11) is 0. The molecule has 4 heteroatoms. The van der Waals surface area contributed by atoms with Gasteiger partial charge in [0.05, 0.1) is 5.39 Å². The van der Waals surface area contributed by atoms with Gasteiger partial charge >= 0.3 is 0 Å². The van der Waals surface area contributed by atoms with Crippen LogP contribution in [0.5, 0.6) is 0 Å². The lowest BCUT2D eigenvalue weighted by Gasteiger charge is -2.29. The van der Waals surface area contributed by atoms with Crippen molar-refractivity contribution >= 4 is 39.5 Å². The zero-order valence-corrected chi connectivity index (χ0v) is 14.1. The summed E-state index contributed by atoms with van der Waals surface area (Å²) < 4.78 is 0. The second kappa shape index (κ2) is 5.10. The van der Waals surface area contributed by atoms with E-state index in [0.29, 0.717) is 5.82 Å². The molecular formula is C19H19N3S. The number of hydrogen-bond acceptors (Lipinski definition) is 3. The number of aromatic amines is 1. The number of benzene rings is 1. The van der Waals surface area contributed by atoms with Gasteiger partial charge in [-0.15, -0.1) is 11.3 Å². The second-order valence-electron chi connectivity index (χ2n) is 6.69. The average molecular weight is 321 g/mol. The molecule has 4 rings (SSSR count). The van der Waals surface area contributed by atoms with E-state index in [1.165, 1.54) is 21.6 Å². The van der Waals surface area contributed by atoms with Crippen LogP contribution in [0.1, 0.15) is 36.3 Å². The van der Waals surface area contributed by atoms with E-state index in [4.69, 9.17) is 5.73 Å². The Bertz CT molecular complexity index is 926. The van der Waals surface area contributed by atoms with Crippen LogP contribution in [-0.4, -0.2) is 10.2 Å². The van der Waals surface area contributed by atoms with Crippen LogP contribution in [0, 0.1) is 0 Å². The fourth-order valence-electron chi connectivity index (χ4n) is 3.28. The number of nitrogens with zero attached hydrogens (tertiary/aromatic N) is 1. The van der Waals surface area contributed by atoms with Crippen LogP contribution < -0.4 is 5.73 Å². The number of anilines is 1. The van der Waals surface area contributed by atoms with Crippen molar-refractivity contribution in [1.29, 1.82) is 0 Å². The van der Waals surface area contributed by atoms with Crippen molar-refractivity contribution in [2.75, 3.05) is 5.73 Å². The minimum absolute atomic E-state index is 0.102. The molecule has 0 unspecified atom stereocenters. The normalized spacial score (nSPS) is 16.7. The fraction of sp³-hybridized carbons (Fsp3) is 0.211. The third-order valence-corrected chi connectivity index (χ3v) is 5.82. The Balaban J connectivity index is 1.80. The van der Waals surface area contributed by atoms with Crippen molar-refractivity contribution in [1.82, 2.24) is 10.2 Å². The van der Waals surface area contributed by atoms with Gasteiger partial charge in [0.1, 0.15) is 10.6 Å². The summed E-state index contributed by atoms with van der Waals surface area (Å²) in [5.74, 6) is 0.665. The van der Waals surface area contributed by atoms with Gasteiger partial charge in [-0.05, 0) is 23.6 Å². The van der Waals surface area contributed by atoms with Crippen molar-refractivity contribution in [3.63, 3.8) is 0 Å². The zero-order chi connectivity index (χ0) is 16.0. The quantitative estimate of drug-likeness (QED) is 0.699. The first kappa shape index (κ1) is 14.3. The minimum Gasteiger partial charge on any atom is -0.384 e. The molecule has 3 nitrogen and oxygen atoms in total. The molecule has 2 heterocycles. The lowest BCUT2D eigenvalue weighted by Crippen LogP contribution is -2.20. The Kier molecular flexibility index (Phi) is 3.16. The van der Waals surface area contributed by atoms with Gasteiger partial charge in [0.2, 0.25) is 0 Å². The molecule has 0 spiro atoms. The number of thiophene rings is 1. The van der Waals surface area contributed by atoms with Gasteiger partial charge in [-0.25, -0.2) is 0 Å². The Morgan fingerprint density at radius 3 is 2.78 bits per heavy atom. The lowest BCUT2D eigenvalue weighted by atomic mass is 9.77. The number of allylic oxidation sites excluding steroid dienone is 2. The van der Waals surface area contributed by atoms with Crippen LogP contribution in [0.4, 0.5) is 5.82 Å². The standard InChI is InChI=1S/C19H19N3S/c1-19(2)11-13(9-8-12-6-4-3-5-7-12)10-14-15-17(20)21-22-18(15)23-16(14)19/h3-10H,11H2,1-2H3,(H3,20,21,22)/b9-8+. The van der Waals surface area contributed by atoms with Gasteiger partial charge in [-0.1, -0.05) is 56.3 Å². The van der Waals surface area contributed by atoms with E-state index >= 15 is 0 Å². The highest BCUT2D eigenvalue weighted by atomic mass is 32.1. The number of nitrogen functional groups attached to an aromatic ring is 1. The number of nitrogens with one attached hydrogen (secondary N) is 1. The molecule has 1 aliphatic rings. The van der Waals surface area contributed by atoms with E-state index in [1.807, 2.05) is 6.07 Å². The molecule has 3 N–H and O–H groups in total. The Labute approximate surface area is 139 Å². The maximum absolute atomic E-state index is 6.09. The number of H-pyrrole nitrogens is 1. The molecule has 0 radical (unpaired) electrons. The zero-order valence-electron chi connectivity index (χ0n) is 13.3. The van der Waals surface area contributed by atoms with E-state index in [-0.39, 0.29) is 5.41 Å². The molecule has 2 aromatic heterocycles. The predicted octanol–water partition coefficient (Wildman–Crippen LogP) is 4.98. The van der Waals surface area contributed by atoms with Gasteiger partial charge in [-0.2, -0.15) is 5.10 Å². The average Bonchev–Trinajstić information content (AvgIpc) is 3.07. The maximum Gasteiger partial charge on any atom is 0.148 e. The van der Waals surface area contributed by atoms with E-state index in [9.17, 15) is 0 Å². The van der Waals surface area contributed by atoms with E-state index < -0.39 is 0 Å². The highest BCUT2D eigenvalue weighted by Gasteiger charge is 2.32. The maximum atomic E-state index is 6.09. The molecular weight excluding hydrogens is 302 g/mol. The molecule has 1 aromatic carbocycles. The number of nitrogens with two attached hydrogens (primary N) is 1. The van der Waals surface area contributed by atoms with E-state index in [2.05, 4.69) is 66.5 Å². The number of hydrogen-bond donors (Lipinski definition) is 2. The lowest BCUT2D eigenvalue weighted by molar-refractivity contribution is 0.531. The summed E-state index contributed by atoms with van der Waals surface area (Å²) in [5, 5.41) is 8.30. The highest BCUT2D eigenvalue weighted by molar-refractivity contribution is 7.19. The molecule has 116 valence electrons. The smallest absolute Gasteiger partial charge is 0.148 e. The van der Waals surface area contributed by atoms with Gasteiger partial charge in [-0.3, -0.25) is 5.10 Å². The Hall–Kier alpha value is -2.33. The molecule has 23 heavy (non-hydrogen) atoms. The van der Waals surface area contributed by atoms with Crippen LogP contribution in [0.25, 0.3) is 22.4 Å². The number of aromatic nitrogens is 2. The van der Waals surface area contributed by atoms with E-state index in [1.54, 1.807) is 11.3 Å². The van der Waals surface area contributed by atoms with Crippen molar-refractivity contribution < 1.29 is 0 Å². The summed E-state index contributed by atoms with van der Waals surface area (Å²) in [6.07, 6.45) is 7.69. The molecule has 0 amide bonds. The van der Waals surface area contributed by atoms with Gasteiger partial charge in [0.25, 0.3) is 0 Å². The molecule has 0 saturated heterocycles. The summed E-state index contributed by atoms with van der Waals surface area (Å²) >= 11 is 1.75. The molecule has 0 saturated carbocycles. The first-order valence-corrected chi connectivity index (χ1v) is 8.57. The predicted molar refractivity (Wildman–Crippen MR) is 99.5 cm³/mol. The van der Waals surface area contributed by atoms with Crippen molar-refractivity contribution in [2.45, 2.75) is 25.7 Å². The third-order valence-electron chi connectivity index (χ3n) is 4.35. The van der Waals surface area contributed by atoms with Crippen molar-refractivity contribution in [2.24, 2.45) is 0 Å². The highest BCUT2D eigenvalue weighted by Crippen LogP contribution is 2.47. The van der Waals surface area contributed by atoms with Gasteiger partial charge in [0.15, 0.2) is 0 Å². The van der Waals surface area contributed by atoms with Crippen LogP contribution in [0.2, 0.25) is 0 Å². The molecule has 1 aliphatic carbocycles. The van der Waals surface area contributed by atoms with E-state index in [0.717, 1.165) is 16.6 Å². The summed E-state index contributed by atoms with van der Waals surface area (Å²) in [5.41, 5.74) is 9.97. The Morgan fingerprint density at radius 2 is 2.00 bits per heavy atom. The largest absolute Gasteiger partial charge is 0.384 e. The first-order chi connectivity index (χ1) is 11.0. The summed E-state index contributed by atoms with van der Waals surface area (Å²) in [4.78, 5) is 2.39. The van der Waals surface area contributed by atoms with Gasteiger partial charge < -0.3 is 5.73 Å². The van der Waals surface area contributed by atoms with Crippen LogP contribution in [-0.2, 0) is 5.41 Å². The van der Waals surface area contributed by atoms with Crippen LogP contribution in [0.15, 0.2) is 42.0 Å². The van der Waals surface area contributed by atoms with Crippen LogP contribution in [0.3, 0.4) is 0 Å². The van der Waals surface area contributed by atoms with Gasteiger partial charge in [0, 0.05) is 15.9 Å². The topological polar surface area (TPSA) is 54.7 Å². The summed E-state index contributed by atoms with van der Waals surface area (Å²) in [6, 6.07) is 10.4. The molecule has 0 fully saturated rings. The molecule has 0 aliphatic heterocycles. The monoisotopic (exact) mass is 321 g/mol. The number of fused-ring (bicyclic) bond motifs is 3. The first-order valence-electron chi connectivity index (χ1n) is 7.75. The Morgan fingerprint density at radius 1 is 1.22 bits per heavy atom. The minimum atomic E-state index is 0.102. The molecule has 3 aromatic rings. The number of rotatable bonds is 2. The SMILES string of the molecule is CC1(C)CC(/C=C/c2ccccc2)=Cc2c1sc1n[nH]c(N)c21. The van der Waals surface area contributed by atoms with Crippen molar-refractivity contribution in [3.8, 4) is 0 Å². The summed E-state index contributed by atoms with van der Waals surface area (Å²) in [6.45, 7) is 4.59. The fourth-order valence-corrected chi connectivity index (χ4v) is 4.51. The molecule has 0 bridgehead atoms. The van der Waals surface area contributed by atoms with Crippen LogP contribution >= 0.6 is 11.3 Å². The molecule has 0 atom stereocenters. The third kappa shape index (κ3) is 2.39. The second-order valence-corrected chi connectivity index (χ2v) is 7.69. The van der Waals surface area contributed by atoms with Crippen molar-refractivity contribution in [3.05, 3.63) is 58.0 Å².